The summed E-state index contributed by atoms with van der Waals surface area (Å²) >= 11 is 0. The number of fused-ring (bicyclic) bond motifs is 1. The van der Waals surface area contributed by atoms with Crippen molar-refractivity contribution in [2.75, 3.05) is 44.8 Å². The van der Waals surface area contributed by atoms with E-state index < -0.39 is 11.6 Å². The second-order valence-electron chi connectivity index (χ2n) is 14.0. The molecule has 0 radical (unpaired) electrons. The number of anilines is 1. The number of nitrogens with one attached hydrogen (secondary N) is 1. The number of carbonyl (C=O) groups excluding carboxylic acids is 1. The standard InChI is InChI=1S/C36H51N3O5/c1-36(2,3)44-35(40)33(30-11-7-12-31(32(30)25-13-14-25)43-28-17-21-41-22-18-28)39-23-29(24-39)42-20-6-4-5-10-27-16-15-26-9-8-19-37-34(26)38-27/h7,11-12,15-16,25,28-29,33H,4-6,8-10,13-14,17-24H2,1-3H3,(H,37,38). The monoisotopic (exact) mass is 605 g/mol. The van der Waals surface area contributed by atoms with Crippen LogP contribution in [0.25, 0.3) is 0 Å². The number of hydrogen-bond donors (Lipinski definition) is 1. The fourth-order valence-electron chi connectivity index (χ4n) is 6.64. The molecule has 1 saturated carbocycles. The van der Waals surface area contributed by atoms with Gasteiger partial charge in [0.2, 0.25) is 0 Å². The number of aryl methyl sites for hydroxylation is 2. The normalized spacial score (nSPS) is 20.3. The van der Waals surface area contributed by atoms with Crippen molar-refractivity contribution in [2.45, 2.75) is 115 Å². The van der Waals surface area contributed by atoms with Gasteiger partial charge in [-0.25, -0.2) is 9.78 Å². The topological polar surface area (TPSA) is 82.2 Å². The number of hydrogen-bond acceptors (Lipinski definition) is 8. The number of carbonyl (C=O) groups is 1. The minimum atomic E-state index is -0.558. The summed E-state index contributed by atoms with van der Waals surface area (Å²) in [4.78, 5) is 20.8. The van der Waals surface area contributed by atoms with Gasteiger partial charge in [0.1, 0.15) is 29.3 Å². The maximum Gasteiger partial charge on any atom is 0.328 e. The highest BCUT2D eigenvalue weighted by Crippen LogP contribution is 2.49. The molecule has 1 atom stereocenters. The van der Waals surface area contributed by atoms with E-state index in [1.165, 1.54) is 23.2 Å². The van der Waals surface area contributed by atoms with Gasteiger partial charge in [-0.1, -0.05) is 24.6 Å². The molecular weight excluding hydrogens is 554 g/mol. The van der Waals surface area contributed by atoms with Crippen LogP contribution >= 0.6 is 0 Å². The maximum atomic E-state index is 13.8. The zero-order valence-electron chi connectivity index (χ0n) is 26.9. The molecule has 240 valence electrons. The second-order valence-corrected chi connectivity index (χ2v) is 14.0. The van der Waals surface area contributed by atoms with E-state index in [0.717, 1.165) is 114 Å². The Morgan fingerprint density at radius 3 is 2.64 bits per heavy atom. The van der Waals surface area contributed by atoms with Gasteiger partial charge in [0, 0.05) is 50.3 Å². The Hall–Kier alpha value is -2.68. The van der Waals surface area contributed by atoms with Crippen molar-refractivity contribution >= 4 is 11.8 Å². The van der Waals surface area contributed by atoms with Crippen LogP contribution in [-0.4, -0.2) is 73.1 Å². The molecule has 3 aliphatic heterocycles. The highest BCUT2D eigenvalue weighted by Gasteiger charge is 2.43. The molecule has 0 amide bonds. The quantitative estimate of drug-likeness (QED) is 0.208. The molecule has 2 saturated heterocycles. The summed E-state index contributed by atoms with van der Waals surface area (Å²) in [7, 11) is 0. The van der Waals surface area contributed by atoms with Crippen molar-refractivity contribution in [3.63, 3.8) is 0 Å². The lowest BCUT2D eigenvalue weighted by Crippen LogP contribution is -2.56. The van der Waals surface area contributed by atoms with Gasteiger partial charge in [0.05, 0.1) is 19.3 Å². The Morgan fingerprint density at radius 1 is 1.05 bits per heavy atom. The fourth-order valence-corrected chi connectivity index (χ4v) is 6.64. The zero-order chi connectivity index (χ0) is 30.5. The summed E-state index contributed by atoms with van der Waals surface area (Å²) in [6.45, 7) is 10.5. The summed E-state index contributed by atoms with van der Waals surface area (Å²) in [5, 5.41) is 3.43. The Balaban J connectivity index is 1.03. The van der Waals surface area contributed by atoms with Crippen LogP contribution in [0.1, 0.15) is 106 Å². The third-order valence-electron chi connectivity index (χ3n) is 9.10. The van der Waals surface area contributed by atoms with Gasteiger partial charge < -0.3 is 24.3 Å². The molecule has 6 rings (SSSR count). The largest absolute Gasteiger partial charge is 0.490 e. The molecule has 0 bridgehead atoms. The molecule has 1 unspecified atom stereocenters. The van der Waals surface area contributed by atoms with Crippen LogP contribution in [0, 0.1) is 0 Å². The molecule has 8 nitrogen and oxygen atoms in total. The number of ether oxygens (including phenoxy) is 4. The third-order valence-corrected chi connectivity index (χ3v) is 9.10. The Labute approximate surface area is 263 Å². The highest BCUT2D eigenvalue weighted by atomic mass is 16.6. The third kappa shape index (κ3) is 8.12. The van der Waals surface area contributed by atoms with Crippen LogP contribution in [0.2, 0.25) is 0 Å². The summed E-state index contributed by atoms with van der Waals surface area (Å²) in [5.74, 6) is 2.26. The first-order valence-electron chi connectivity index (χ1n) is 17.0. The average molecular weight is 606 g/mol. The molecule has 0 spiro atoms. The predicted octanol–water partition coefficient (Wildman–Crippen LogP) is 6.37. The van der Waals surface area contributed by atoms with Gasteiger partial charge in [-0.3, -0.25) is 4.90 Å². The molecule has 1 aromatic carbocycles. The number of aromatic nitrogens is 1. The van der Waals surface area contributed by atoms with E-state index in [-0.39, 0.29) is 18.2 Å². The Kier molecular flexibility index (Phi) is 10.1. The van der Waals surface area contributed by atoms with Gasteiger partial charge in [0.15, 0.2) is 0 Å². The number of rotatable bonds is 13. The molecule has 3 fully saturated rings. The van der Waals surface area contributed by atoms with Crippen molar-refractivity contribution in [2.24, 2.45) is 0 Å². The molecule has 4 heterocycles. The van der Waals surface area contributed by atoms with Gasteiger partial charge >= 0.3 is 5.97 Å². The van der Waals surface area contributed by atoms with Crippen LogP contribution in [-0.2, 0) is 31.8 Å². The Bertz CT molecular complexity index is 1260. The van der Waals surface area contributed by atoms with E-state index in [0.29, 0.717) is 5.92 Å². The molecule has 1 N–H and O–H groups in total. The number of esters is 1. The van der Waals surface area contributed by atoms with Crippen LogP contribution in [0.3, 0.4) is 0 Å². The maximum absolute atomic E-state index is 13.8. The number of pyridine rings is 1. The fraction of sp³-hybridized carbons (Fsp3) is 0.667. The first kappa shape index (κ1) is 31.3. The molecule has 2 aromatic rings. The Morgan fingerprint density at radius 2 is 1.86 bits per heavy atom. The molecule has 4 aliphatic rings. The molecule has 44 heavy (non-hydrogen) atoms. The van der Waals surface area contributed by atoms with Crippen LogP contribution < -0.4 is 10.1 Å². The first-order chi connectivity index (χ1) is 21.3. The van der Waals surface area contributed by atoms with Crippen molar-refractivity contribution in [3.8, 4) is 5.75 Å². The molecule has 1 aromatic heterocycles. The number of nitrogens with zero attached hydrogens (tertiary/aromatic N) is 2. The number of unbranched alkanes of at least 4 members (excludes halogenated alkanes) is 2. The average Bonchev–Trinajstić information content (AvgIpc) is 3.82. The summed E-state index contributed by atoms with van der Waals surface area (Å²) in [5.41, 5.74) is 4.20. The lowest BCUT2D eigenvalue weighted by atomic mass is 9.92. The predicted molar refractivity (Wildman–Crippen MR) is 171 cm³/mol. The van der Waals surface area contributed by atoms with Crippen molar-refractivity contribution in [1.29, 1.82) is 0 Å². The van der Waals surface area contributed by atoms with E-state index in [1.54, 1.807) is 0 Å². The lowest BCUT2D eigenvalue weighted by molar-refractivity contribution is -0.168. The second kappa shape index (κ2) is 14.2. The SMILES string of the molecule is CC(C)(C)OC(=O)C(c1cccc(OC2CCOCC2)c1C1CC1)N1CC(OCCCCCc2ccc3c(n2)NCCC3)C1. The molecule has 1 aliphatic carbocycles. The molecular formula is C36H51N3O5. The van der Waals surface area contributed by atoms with Gasteiger partial charge in [0.25, 0.3) is 0 Å². The van der Waals surface area contributed by atoms with Crippen LogP contribution in [0.4, 0.5) is 5.82 Å². The van der Waals surface area contributed by atoms with Crippen LogP contribution in [0.15, 0.2) is 30.3 Å². The number of likely N-dealkylation sites (tertiary alicyclic amines) is 1. The smallest absolute Gasteiger partial charge is 0.328 e. The van der Waals surface area contributed by atoms with Gasteiger partial charge in [-0.05, 0) is 94.9 Å². The van der Waals surface area contributed by atoms with Gasteiger partial charge in [-0.15, -0.1) is 0 Å². The van der Waals surface area contributed by atoms with Gasteiger partial charge in [-0.2, -0.15) is 0 Å². The summed E-state index contributed by atoms with van der Waals surface area (Å²) < 4.78 is 24.4. The van der Waals surface area contributed by atoms with E-state index >= 15 is 0 Å². The van der Waals surface area contributed by atoms with Crippen molar-refractivity contribution in [3.05, 3.63) is 52.7 Å². The lowest BCUT2D eigenvalue weighted by Gasteiger charge is -2.44. The first-order valence-corrected chi connectivity index (χ1v) is 17.0. The minimum Gasteiger partial charge on any atom is -0.490 e. The van der Waals surface area contributed by atoms with E-state index in [1.807, 2.05) is 26.8 Å². The van der Waals surface area contributed by atoms with Crippen molar-refractivity contribution in [1.82, 2.24) is 9.88 Å². The van der Waals surface area contributed by atoms with E-state index in [2.05, 4.69) is 34.5 Å². The molecule has 8 heteroatoms. The van der Waals surface area contributed by atoms with Crippen molar-refractivity contribution < 1.29 is 23.7 Å². The van der Waals surface area contributed by atoms with E-state index in [9.17, 15) is 4.79 Å². The van der Waals surface area contributed by atoms with E-state index in [4.69, 9.17) is 23.9 Å². The number of benzene rings is 1. The summed E-state index contributed by atoms with van der Waals surface area (Å²) in [6, 6.07) is 10.2. The minimum absolute atomic E-state index is 0.138. The van der Waals surface area contributed by atoms with Crippen LogP contribution in [0.5, 0.6) is 5.75 Å². The highest BCUT2D eigenvalue weighted by molar-refractivity contribution is 5.79. The summed E-state index contributed by atoms with van der Waals surface area (Å²) in [6.07, 6.45) is 10.9. The zero-order valence-corrected chi connectivity index (χ0v) is 26.9.